The molecule has 2 rings (SSSR count). The molecule has 84 valence electrons. The van der Waals surface area contributed by atoms with E-state index >= 15 is 0 Å². The monoisotopic (exact) mass is 233 g/mol. The second-order valence-corrected chi connectivity index (χ2v) is 5.14. The third-order valence-corrected chi connectivity index (χ3v) is 3.76. The molecular weight excluding hydrogens is 218 g/mol. The fraction of sp³-hybridized carbons (Fsp3) is 0.308. The van der Waals surface area contributed by atoms with Crippen LogP contribution in [0.5, 0.6) is 0 Å². The normalized spacial score (nSPS) is 10.6. The van der Waals surface area contributed by atoms with Gasteiger partial charge in [-0.15, -0.1) is 11.3 Å². The highest BCUT2D eigenvalue weighted by molar-refractivity contribution is 7.11. The van der Waals surface area contributed by atoms with Crippen molar-refractivity contribution >= 4 is 11.3 Å². The SMILES string of the molecule is CCc1ccc(Cn2ccc(C)cc2=O)s1. The third kappa shape index (κ3) is 2.42. The third-order valence-electron chi connectivity index (χ3n) is 2.54. The number of rotatable bonds is 3. The number of aromatic nitrogens is 1. The van der Waals surface area contributed by atoms with E-state index in [2.05, 4.69) is 19.1 Å². The molecule has 0 aliphatic heterocycles. The summed E-state index contributed by atoms with van der Waals surface area (Å²) in [5.41, 5.74) is 1.09. The lowest BCUT2D eigenvalue weighted by Gasteiger charge is -2.03. The molecule has 0 atom stereocenters. The Morgan fingerprint density at radius 1 is 1.25 bits per heavy atom. The van der Waals surface area contributed by atoms with Crippen LogP contribution >= 0.6 is 11.3 Å². The Bertz CT molecular complexity index is 539. The maximum Gasteiger partial charge on any atom is 0.251 e. The predicted octanol–water partition coefficient (Wildman–Crippen LogP) is 2.83. The van der Waals surface area contributed by atoms with Gasteiger partial charge in [-0.2, -0.15) is 0 Å². The highest BCUT2D eigenvalue weighted by Crippen LogP contribution is 2.17. The zero-order valence-corrected chi connectivity index (χ0v) is 10.4. The van der Waals surface area contributed by atoms with E-state index in [1.54, 1.807) is 22.0 Å². The Hall–Kier alpha value is -1.35. The fourth-order valence-electron chi connectivity index (χ4n) is 1.60. The van der Waals surface area contributed by atoms with E-state index in [-0.39, 0.29) is 5.56 Å². The van der Waals surface area contributed by atoms with Crippen LogP contribution in [-0.2, 0) is 13.0 Å². The molecule has 2 heterocycles. The number of hydrogen-bond acceptors (Lipinski definition) is 2. The first-order chi connectivity index (χ1) is 7.69. The van der Waals surface area contributed by atoms with E-state index in [4.69, 9.17) is 0 Å². The molecule has 0 saturated heterocycles. The lowest BCUT2D eigenvalue weighted by Crippen LogP contribution is -2.18. The lowest BCUT2D eigenvalue weighted by molar-refractivity contribution is 0.767. The van der Waals surface area contributed by atoms with Crippen molar-refractivity contribution in [2.24, 2.45) is 0 Å². The number of hydrogen-bond donors (Lipinski definition) is 0. The average molecular weight is 233 g/mol. The highest BCUT2D eigenvalue weighted by Gasteiger charge is 2.01. The molecule has 0 spiro atoms. The van der Waals surface area contributed by atoms with Gasteiger partial charge in [0.05, 0.1) is 6.54 Å². The van der Waals surface area contributed by atoms with E-state index in [0.717, 1.165) is 12.0 Å². The molecule has 0 bridgehead atoms. The molecule has 0 aliphatic carbocycles. The van der Waals surface area contributed by atoms with E-state index in [9.17, 15) is 4.79 Å². The van der Waals surface area contributed by atoms with Gasteiger partial charge in [0.2, 0.25) is 0 Å². The van der Waals surface area contributed by atoms with Crippen molar-refractivity contribution in [2.45, 2.75) is 26.8 Å². The van der Waals surface area contributed by atoms with Gasteiger partial charge in [0.15, 0.2) is 0 Å². The maximum absolute atomic E-state index is 11.7. The molecule has 0 aliphatic rings. The van der Waals surface area contributed by atoms with Crippen molar-refractivity contribution in [1.29, 1.82) is 0 Å². The van der Waals surface area contributed by atoms with Crippen molar-refractivity contribution in [3.8, 4) is 0 Å². The van der Waals surface area contributed by atoms with Crippen LogP contribution < -0.4 is 5.56 Å². The van der Waals surface area contributed by atoms with Gasteiger partial charge in [-0.3, -0.25) is 4.79 Å². The van der Waals surface area contributed by atoms with E-state index in [1.165, 1.54) is 9.75 Å². The lowest BCUT2D eigenvalue weighted by atomic mass is 10.3. The summed E-state index contributed by atoms with van der Waals surface area (Å²) in [4.78, 5) is 14.3. The van der Waals surface area contributed by atoms with Crippen molar-refractivity contribution in [1.82, 2.24) is 4.57 Å². The molecule has 2 aromatic heterocycles. The second-order valence-electron chi connectivity index (χ2n) is 3.89. The Balaban J connectivity index is 2.23. The molecule has 0 unspecified atom stereocenters. The fourth-order valence-corrected chi connectivity index (χ4v) is 2.56. The molecule has 0 saturated carbocycles. The summed E-state index contributed by atoms with van der Waals surface area (Å²) >= 11 is 1.78. The van der Waals surface area contributed by atoms with E-state index in [0.29, 0.717) is 6.54 Å². The van der Waals surface area contributed by atoms with Gasteiger partial charge < -0.3 is 4.57 Å². The summed E-state index contributed by atoms with van der Waals surface area (Å²) in [7, 11) is 0. The number of pyridine rings is 1. The summed E-state index contributed by atoms with van der Waals surface area (Å²) in [6.07, 6.45) is 2.93. The van der Waals surface area contributed by atoms with Gasteiger partial charge in [0.1, 0.15) is 0 Å². The van der Waals surface area contributed by atoms with E-state index < -0.39 is 0 Å². The number of nitrogens with zero attached hydrogens (tertiary/aromatic N) is 1. The van der Waals surface area contributed by atoms with Crippen molar-refractivity contribution in [3.63, 3.8) is 0 Å². The Morgan fingerprint density at radius 2 is 2.00 bits per heavy atom. The molecule has 2 nitrogen and oxygen atoms in total. The topological polar surface area (TPSA) is 22.0 Å². The minimum absolute atomic E-state index is 0.0754. The summed E-state index contributed by atoms with van der Waals surface area (Å²) in [5, 5.41) is 0. The quantitative estimate of drug-likeness (QED) is 0.799. The molecule has 16 heavy (non-hydrogen) atoms. The summed E-state index contributed by atoms with van der Waals surface area (Å²) < 4.78 is 1.75. The first kappa shape index (κ1) is 11.1. The molecule has 0 aromatic carbocycles. The minimum Gasteiger partial charge on any atom is -0.310 e. The van der Waals surface area contributed by atoms with Gasteiger partial charge in [0, 0.05) is 22.0 Å². The van der Waals surface area contributed by atoms with Crippen LogP contribution in [-0.4, -0.2) is 4.57 Å². The van der Waals surface area contributed by atoms with Crippen LogP contribution in [0.1, 0.15) is 22.2 Å². The first-order valence-electron chi connectivity index (χ1n) is 5.43. The summed E-state index contributed by atoms with van der Waals surface area (Å²) in [6, 6.07) is 7.89. The Labute approximate surface area is 99.2 Å². The van der Waals surface area contributed by atoms with Crippen LogP contribution in [0.3, 0.4) is 0 Å². The molecule has 0 N–H and O–H groups in total. The average Bonchev–Trinajstić information content (AvgIpc) is 2.70. The van der Waals surface area contributed by atoms with Gasteiger partial charge in [-0.25, -0.2) is 0 Å². The van der Waals surface area contributed by atoms with Crippen LogP contribution in [0.25, 0.3) is 0 Å². The van der Waals surface area contributed by atoms with Gasteiger partial charge in [0.25, 0.3) is 5.56 Å². The molecule has 3 heteroatoms. The van der Waals surface area contributed by atoms with Crippen LogP contribution in [0.15, 0.2) is 35.3 Å². The first-order valence-corrected chi connectivity index (χ1v) is 6.25. The summed E-state index contributed by atoms with van der Waals surface area (Å²) in [6.45, 7) is 4.77. The van der Waals surface area contributed by atoms with E-state index in [1.807, 2.05) is 19.2 Å². The number of thiophene rings is 1. The van der Waals surface area contributed by atoms with Crippen molar-refractivity contribution < 1.29 is 0 Å². The Kier molecular flexibility index (Phi) is 3.25. The maximum atomic E-state index is 11.7. The predicted molar refractivity (Wildman–Crippen MR) is 68.2 cm³/mol. The van der Waals surface area contributed by atoms with Crippen molar-refractivity contribution in [2.75, 3.05) is 0 Å². The molecule has 0 amide bonds. The zero-order chi connectivity index (χ0) is 11.5. The summed E-state index contributed by atoms with van der Waals surface area (Å²) in [5.74, 6) is 0. The Morgan fingerprint density at radius 3 is 2.62 bits per heavy atom. The minimum atomic E-state index is 0.0754. The van der Waals surface area contributed by atoms with Crippen LogP contribution in [0.4, 0.5) is 0 Å². The largest absolute Gasteiger partial charge is 0.310 e. The van der Waals surface area contributed by atoms with Gasteiger partial charge in [-0.05, 0) is 37.1 Å². The highest BCUT2D eigenvalue weighted by atomic mass is 32.1. The molecule has 0 radical (unpaired) electrons. The molecule has 2 aromatic rings. The zero-order valence-electron chi connectivity index (χ0n) is 9.56. The molecular formula is C13H15NOS. The smallest absolute Gasteiger partial charge is 0.251 e. The van der Waals surface area contributed by atoms with Gasteiger partial charge in [-0.1, -0.05) is 6.92 Å². The van der Waals surface area contributed by atoms with Crippen molar-refractivity contribution in [3.05, 3.63) is 56.1 Å². The molecule has 0 fully saturated rings. The second kappa shape index (κ2) is 4.66. The van der Waals surface area contributed by atoms with Gasteiger partial charge >= 0.3 is 0 Å². The standard InChI is InChI=1S/C13H15NOS/c1-3-11-4-5-12(16-11)9-14-7-6-10(2)8-13(14)15/h4-8H,3,9H2,1-2H3. The van der Waals surface area contributed by atoms with Crippen LogP contribution in [0.2, 0.25) is 0 Å². The van der Waals surface area contributed by atoms with Crippen LogP contribution in [0, 0.1) is 6.92 Å². The number of aryl methyl sites for hydroxylation is 2.